The monoisotopic (exact) mass is 378 g/mol. The van der Waals surface area contributed by atoms with Gasteiger partial charge >= 0.3 is 23.9 Å². The Hall–Kier alpha value is -2.12. The van der Waals surface area contributed by atoms with Crippen molar-refractivity contribution in [3.05, 3.63) is 0 Å². The summed E-state index contributed by atoms with van der Waals surface area (Å²) < 4.78 is 21.1. The summed E-state index contributed by atoms with van der Waals surface area (Å²) in [5.74, 6) is -2.50. The lowest BCUT2D eigenvalue weighted by molar-refractivity contribution is -0.592. The minimum absolute atomic E-state index is 0.0157. The Balaban J connectivity index is 1.53. The molecule has 146 valence electrons. The minimum Gasteiger partial charge on any atom is -0.469 e. The number of hydrogen-bond donors (Lipinski definition) is 0. The number of esters is 4. The van der Waals surface area contributed by atoms with Crippen molar-refractivity contribution in [3.63, 3.8) is 0 Å². The second-order valence-electron chi connectivity index (χ2n) is 8.56. The molecule has 6 saturated carbocycles. The fraction of sp³-hybridized carbons (Fsp3) is 0.789. The van der Waals surface area contributed by atoms with Crippen molar-refractivity contribution in [1.82, 2.24) is 0 Å². The number of carbonyl (C=O) groups is 4. The highest BCUT2D eigenvalue weighted by molar-refractivity contribution is 5.86. The van der Waals surface area contributed by atoms with Gasteiger partial charge in [0.25, 0.3) is 0 Å². The number of methoxy groups -OCH3 is 2. The van der Waals surface area contributed by atoms with Crippen molar-refractivity contribution >= 4 is 23.9 Å². The van der Waals surface area contributed by atoms with Gasteiger partial charge in [0, 0.05) is 25.7 Å². The van der Waals surface area contributed by atoms with Crippen molar-refractivity contribution in [2.45, 2.75) is 19.4 Å². The van der Waals surface area contributed by atoms with Crippen molar-refractivity contribution in [2.24, 2.45) is 52.8 Å². The molecular formula is C19H22O8. The second kappa shape index (κ2) is 4.83. The molecule has 0 spiro atoms. The molecule has 27 heavy (non-hydrogen) atoms. The second-order valence-corrected chi connectivity index (χ2v) is 8.56. The first-order chi connectivity index (χ1) is 12.8. The van der Waals surface area contributed by atoms with Crippen LogP contribution in [0.5, 0.6) is 0 Å². The van der Waals surface area contributed by atoms with Crippen LogP contribution in [0.2, 0.25) is 0 Å². The maximum Gasteiger partial charge on any atom is 0.309 e. The molecule has 6 fully saturated rings. The molecule has 0 aromatic rings. The van der Waals surface area contributed by atoms with Gasteiger partial charge in [-0.15, -0.1) is 0 Å². The van der Waals surface area contributed by atoms with Gasteiger partial charge in [-0.2, -0.15) is 0 Å². The smallest absolute Gasteiger partial charge is 0.309 e. The van der Waals surface area contributed by atoms with Gasteiger partial charge < -0.3 is 18.9 Å². The van der Waals surface area contributed by atoms with Gasteiger partial charge in [-0.25, -0.2) is 0 Å². The molecule has 0 aliphatic heterocycles. The number of ether oxygens (including phenoxy) is 4. The maximum atomic E-state index is 12.5. The molecule has 8 nitrogen and oxygen atoms in total. The highest BCUT2D eigenvalue weighted by atomic mass is 16.6. The molecule has 0 aromatic carbocycles. The Kier molecular flexibility index (Phi) is 3.04. The van der Waals surface area contributed by atoms with Crippen LogP contribution in [-0.2, 0) is 38.1 Å². The van der Waals surface area contributed by atoms with Crippen LogP contribution in [0, 0.1) is 52.8 Å². The first kappa shape index (κ1) is 17.0. The third-order valence-electron chi connectivity index (χ3n) is 8.33. The van der Waals surface area contributed by atoms with E-state index in [2.05, 4.69) is 0 Å². The van der Waals surface area contributed by atoms with E-state index in [0.29, 0.717) is 0 Å². The molecule has 6 aliphatic carbocycles. The fourth-order valence-electron chi connectivity index (χ4n) is 8.24. The molecule has 4 unspecified atom stereocenters. The summed E-state index contributed by atoms with van der Waals surface area (Å²) in [6, 6.07) is 0. The maximum absolute atomic E-state index is 12.5. The van der Waals surface area contributed by atoms with Crippen LogP contribution < -0.4 is 0 Å². The van der Waals surface area contributed by atoms with E-state index in [-0.39, 0.29) is 54.1 Å². The van der Waals surface area contributed by atoms with Crippen molar-refractivity contribution in [3.8, 4) is 0 Å². The van der Waals surface area contributed by atoms with Crippen molar-refractivity contribution < 1.29 is 38.1 Å². The summed E-state index contributed by atoms with van der Waals surface area (Å²) in [6.45, 7) is 2.92. The van der Waals surface area contributed by atoms with Gasteiger partial charge in [-0.3, -0.25) is 19.2 Å². The summed E-state index contributed by atoms with van der Waals surface area (Å²) in [6.07, 6.45) is 0. The SMILES string of the molecule is COC(=O)[C@@H]1C2[C@@H]3[C@@H]4C([C@@H]5[C@H]2C3(OC(C)=O)C54COC(C)=O)[C@@H]1C(=O)OC. The number of carbonyl (C=O) groups excluding carboxylic acids is 4. The Bertz CT molecular complexity index is 767. The topological polar surface area (TPSA) is 105 Å². The van der Waals surface area contributed by atoms with Gasteiger partial charge in [0.05, 0.1) is 31.5 Å². The molecule has 10 atom stereocenters. The molecule has 0 N–H and O–H groups in total. The minimum atomic E-state index is -0.655. The van der Waals surface area contributed by atoms with E-state index in [0.717, 1.165) is 0 Å². The summed E-state index contributed by atoms with van der Waals surface area (Å²) in [5.41, 5.74) is -1.06. The van der Waals surface area contributed by atoms with E-state index in [1.165, 1.54) is 28.1 Å². The third kappa shape index (κ3) is 1.42. The lowest BCUT2D eigenvalue weighted by Crippen LogP contribution is -3.08. The zero-order valence-electron chi connectivity index (χ0n) is 15.6. The average Bonchev–Trinajstić information content (AvgIpc) is 2.63. The van der Waals surface area contributed by atoms with Crippen molar-refractivity contribution in [2.75, 3.05) is 20.8 Å². The predicted molar refractivity (Wildman–Crippen MR) is 85.5 cm³/mol. The van der Waals surface area contributed by atoms with Crippen LogP contribution in [0.3, 0.4) is 0 Å². The van der Waals surface area contributed by atoms with E-state index in [1.54, 1.807) is 0 Å². The van der Waals surface area contributed by atoms with Crippen LogP contribution >= 0.6 is 0 Å². The van der Waals surface area contributed by atoms with E-state index in [9.17, 15) is 19.2 Å². The van der Waals surface area contributed by atoms with E-state index < -0.39 is 34.8 Å². The third-order valence-corrected chi connectivity index (χ3v) is 8.33. The molecular weight excluding hydrogens is 356 g/mol. The molecule has 0 aromatic heterocycles. The number of fused-ring (bicyclic) bond motifs is 1. The summed E-state index contributed by atoms with van der Waals surface area (Å²) in [7, 11) is 2.65. The number of hydrogen-bond acceptors (Lipinski definition) is 8. The molecule has 0 amide bonds. The van der Waals surface area contributed by atoms with E-state index in [4.69, 9.17) is 18.9 Å². The normalized spacial score (nSPS) is 51.3. The van der Waals surface area contributed by atoms with E-state index >= 15 is 0 Å². The first-order valence-electron chi connectivity index (χ1n) is 9.28. The van der Waals surface area contributed by atoms with Crippen LogP contribution in [0.1, 0.15) is 13.8 Å². The summed E-state index contributed by atoms with van der Waals surface area (Å²) in [5, 5.41) is 0. The van der Waals surface area contributed by atoms with Gasteiger partial charge in [0.1, 0.15) is 12.2 Å². The first-order valence-corrected chi connectivity index (χ1v) is 9.28. The molecule has 6 rings (SSSR count). The molecule has 2 bridgehead atoms. The average molecular weight is 378 g/mol. The standard InChI is InChI=1S/C19H22O8/c1-6(20)26-5-18-12-10-8(16(22)24-3)9(17(23)25-4)11-14(12)19(18,27-7(2)21)15(11)13(10)18/h8-15H,5H2,1-4H3/t8-,9+,10?,11?,12-,13+,14+,15-,18?,19?/m1/s1. The Morgan fingerprint density at radius 2 is 1.26 bits per heavy atom. The molecule has 0 heterocycles. The lowest BCUT2D eigenvalue weighted by atomic mass is 9.02. The largest absolute Gasteiger partial charge is 0.469 e. The van der Waals surface area contributed by atoms with Gasteiger partial charge in [0.2, 0.25) is 0 Å². The van der Waals surface area contributed by atoms with Crippen molar-refractivity contribution in [1.29, 1.82) is 0 Å². The van der Waals surface area contributed by atoms with Crippen LogP contribution in [0.15, 0.2) is 0 Å². The summed E-state index contributed by atoms with van der Waals surface area (Å²) in [4.78, 5) is 48.2. The zero-order valence-corrected chi connectivity index (χ0v) is 15.6. The van der Waals surface area contributed by atoms with Crippen LogP contribution in [0.25, 0.3) is 0 Å². The fourth-order valence-corrected chi connectivity index (χ4v) is 8.24. The quantitative estimate of drug-likeness (QED) is 0.493. The van der Waals surface area contributed by atoms with Gasteiger partial charge in [-0.1, -0.05) is 0 Å². The van der Waals surface area contributed by atoms with E-state index in [1.807, 2.05) is 0 Å². The summed E-state index contributed by atoms with van der Waals surface area (Å²) >= 11 is 0. The molecule has 0 radical (unpaired) electrons. The number of rotatable bonds is 5. The van der Waals surface area contributed by atoms with Gasteiger partial charge in [0.15, 0.2) is 0 Å². The Morgan fingerprint density at radius 3 is 1.67 bits per heavy atom. The zero-order chi connectivity index (χ0) is 19.5. The Morgan fingerprint density at radius 1 is 0.778 bits per heavy atom. The highest BCUT2D eigenvalue weighted by Crippen LogP contribution is 3.00. The lowest BCUT2D eigenvalue weighted by Gasteiger charge is -3.01. The molecule has 0 saturated heterocycles. The van der Waals surface area contributed by atoms with Crippen LogP contribution in [0.4, 0.5) is 0 Å². The molecule has 6 aliphatic rings. The van der Waals surface area contributed by atoms with Crippen LogP contribution in [-0.4, -0.2) is 50.3 Å². The highest BCUT2D eigenvalue weighted by Gasteiger charge is 3.07. The Labute approximate surface area is 155 Å². The predicted octanol–water partition coefficient (Wildman–Crippen LogP) is 0.181. The molecule has 8 heteroatoms. The van der Waals surface area contributed by atoms with Gasteiger partial charge in [-0.05, 0) is 23.7 Å².